The molecule has 1 spiro atoms. The summed E-state index contributed by atoms with van der Waals surface area (Å²) in [6, 6.07) is 15.8. The Morgan fingerprint density at radius 3 is 2.29 bits per heavy atom. The molecule has 41 heavy (non-hydrogen) atoms. The summed E-state index contributed by atoms with van der Waals surface area (Å²) in [5.41, 5.74) is 2.27. The highest BCUT2D eigenvalue weighted by Gasteiger charge is 2.52. The number of amides is 3. The molecule has 2 aromatic heterocycles. The number of carbonyl (C=O) groups is 2. The molecule has 10 heteroatoms. The highest BCUT2D eigenvalue weighted by atomic mass is 16.2. The summed E-state index contributed by atoms with van der Waals surface area (Å²) in [5, 5.41) is 2.97. The number of piperidine rings is 1. The van der Waals surface area contributed by atoms with Crippen LogP contribution in [0.3, 0.4) is 0 Å². The SMILES string of the molecule is Cc1cc(N2CCC(C)(c3ccccc3)C2)cc(=O)n1CCCN1C(=O)NC2(CCN(c3ncccn3)CC2)C1=O. The molecule has 0 saturated carbocycles. The van der Waals surface area contributed by atoms with Crippen LogP contribution in [-0.2, 0) is 16.8 Å². The molecule has 0 aliphatic carbocycles. The van der Waals surface area contributed by atoms with Gasteiger partial charge < -0.3 is 19.7 Å². The third-order valence-electron chi connectivity index (χ3n) is 9.09. The van der Waals surface area contributed by atoms with Crippen LogP contribution in [0, 0.1) is 6.92 Å². The fraction of sp³-hybridized carbons (Fsp3) is 0.452. The molecule has 214 valence electrons. The predicted molar refractivity (Wildman–Crippen MR) is 157 cm³/mol. The van der Waals surface area contributed by atoms with Crippen molar-refractivity contribution in [3.8, 4) is 0 Å². The molecule has 1 aromatic carbocycles. The van der Waals surface area contributed by atoms with Gasteiger partial charge in [0.1, 0.15) is 5.54 Å². The molecule has 0 radical (unpaired) electrons. The second-order valence-electron chi connectivity index (χ2n) is 11.8. The van der Waals surface area contributed by atoms with Crippen LogP contribution in [0.5, 0.6) is 0 Å². The number of nitrogens with one attached hydrogen (secondary N) is 1. The van der Waals surface area contributed by atoms with E-state index < -0.39 is 5.54 Å². The highest BCUT2D eigenvalue weighted by Crippen LogP contribution is 2.36. The molecule has 3 fully saturated rings. The van der Waals surface area contributed by atoms with Crippen molar-refractivity contribution in [2.45, 2.75) is 57.0 Å². The number of urea groups is 1. The van der Waals surface area contributed by atoms with Crippen LogP contribution in [-0.4, -0.2) is 69.6 Å². The average Bonchev–Trinajstić information content (AvgIpc) is 3.49. The second kappa shape index (κ2) is 10.6. The van der Waals surface area contributed by atoms with Gasteiger partial charge in [-0.05, 0) is 50.3 Å². The van der Waals surface area contributed by atoms with Gasteiger partial charge in [-0.3, -0.25) is 14.5 Å². The first-order chi connectivity index (χ1) is 19.8. The van der Waals surface area contributed by atoms with Crippen molar-refractivity contribution in [1.29, 1.82) is 0 Å². The molecule has 3 aliphatic rings. The third kappa shape index (κ3) is 5.07. The number of hydrogen-bond acceptors (Lipinski definition) is 7. The molecular formula is C31H37N7O3. The van der Waals surface area contributed by atoms with Crippen molar-refractivity contribution in [3.05, 3.63) is 82.5 Å². The predicted octanol–water partition coefficient (Wildman–Crippen LogP) is 3.10. The molecule has 3 saturated heterocycles. The van der Waals surface area contributed by atoms with Crippen molar-refractivity contribution in [2.75, 3.05) is 42.5 Å². The summed E-state index contributed by atoms with van der Waals surface area (Å²) in [4.78, 5) is 53.6. The highest BCUT2D eigenvalue weighted by molar-refractivity contribution is 6.07. The number of rotatable bonds is 7. The number of aromatic nitrogens is 3. The van der Waals surface area contributed by atoms with Gasteiger partial charge in [0, 0.05) is 74.5 Å². The van der Waals surface area contributed by atoms with E-state index in [-0.39, 0.29) is 29.5 Å². The quantitative estimate of drug-likeness (QED) is 0.447. The maximum Gasteiger partial charge on any atom is 0.325 e. The Bertz CT molecular complexity index is 1480. The summed E-state index contributed by atoms with van der Waals surface area (Å²) in [5.74, 6) is 0.462. The van der Waals surface area contributed by atoms with Crippen molar-refractivity contribution < 1.29 is 9.59 Å². The lowest BCUT2D eigenvalue weighted by molar-refractivity contribution is -0.132. The Hall–Kier alpha value is -4.21. The molecular weight excluding hydrogens is 518 g/mol. The van der Waals surface area contributed by atoms with Crippen molar-refractivity contribution in [2.24, 2.45) is 0 Å². The number of nitrogens with zero attached hydrogens (tertiary/aromatic N) is 6. The minimum atomic E-state index is -0.874. The van der Waals surface area contributed by atoms with Crippen LogP contribution in [0.1, 0.15) is 43.9 Å². The lowest BCUT2D eigenvalue weighted by atomic mass is 9.82. The van der Waals surface area contributed by atoms with E-state index in [0.29, 0.717) is 44.8 Å². The van der Waals surface area contributed by atoms with Gasteiger partial charge in [0.2, 0.25) is 5.95 Å². The first-order valence-corrected chi connectivity index (χ1v) is 14.5. The number of imide groups is 1. The number of hydrogen-bond donors (Lipinski definition) is 1. The van der Waals surface area contributed by atoms with Gasteiger partial charge in [0.05, 0.1) is 0 Å². The van der Waals surface area contributed by atoms with Gasteiger partial charge in [-0.1, -0.05) is 37.3 Å². The lowest BCUT2D eigenvalue weighted by Crippen LogP contribution is -2.55. The molecule has 1 atom stereocenters. The minimum absolute atomic E-state index is 0.0518. The van der Waals surface area contributed by atoms with Crippen molar-refractivity contribution in [1.82, 2.24) is 24.8 Å². The number of pyridine rings is 1. The van der Waals surface area contributed by atoms with Gasteiger partial charge in [-0.25, -0.2) is 14.8 Å². The number of benzene rings is 1. The average molecular weight is 556 g/mol. The van der Waals surface area contributed by atoms with Crippen LogP contribution in [0.25, 0.3) is 0 Å². The van der Waals surface area contributed by atoms with E-state index in [1.54, 1.807) is 29.1 Å². The lowest BCUT2D eigenvalue weighted by Gasteiger charge is -2.37. The van der Waals surface area contributed by atoms with Gasteiger partial charge in [0.15, 0.2) is 0 Å². The fourth-order valence-electron chi connectivity index (χ4n) is 6.59. The Morgan fingerprint density at radius 2 is 1.59 bits per heavy atom. The standard InChI is InChI=1S/C31H37N7O3/c1-23-20-25(36-17-10-30(2,22-36)24-8-4-3-5-9-24)21-26(39)37(23)15-7-16-38-27(40)31(34-29(38)41)11-18-35(19-12-31)28-32-13-6-14-33-28/h3-6,8-9,13-14,20-21H,7,10-12,15-19,22H2,1-2H3,(H,34,41). The zero-order valence-electron chi connectivity index (χ0n) is 23.8. The van der Waals surface area contributed by atoms with E-state index in [4.69, 9.17) is 0 Å². The van der Waals surface area contributed by atoms with E-state index in [9.17, 15) is 14.4 Å². The molecule has 1 N–H and O–H groups in total. The molecule has 5 heterocycles. The first-order valence-electron chi connectivity index (χ1n) is 14.5. The molecule has 0 bridgehead atoms. The number of aryl methyl sites for hydroxylation is 1. The third-order valence-corrected chi connectivity index (χ3v) is 9.09. The van der Waals surface area contributed by atoms with E-state index in [1.165, 1.54) is 10.5 Å². The molecule has 10 nitrogen and oxygen atoms in total. The summed E-state index contributed by atoms with van der Waals surface area (Å²) in [7, 11) is 0. The molecule has 6 rings (SSSR count). The number of anilines is 2. The summed E-state index contributed by atoms with van der Waals surface area (Å²) in [6.45, 7) is 7.89. The normalized spacial score (nSPS) is 22.0. The monoisotopic (exact) mass is 555 g/mol. The minimum Gasteiger partial charge on any atom is -0.370 e. The molecule has 3 aromatic rings. The Kier molecular flexibility index (Phi) is 7.01. The van der Waals surface area contributed by atoms with Gasteiger partial charge >= 0.3 is 6.03 Å². The number of carbonyl (C=O) groups excluding carboxylic acids is 2. The van der Waals surface area contributed by atoms with Gasteiger partial charge in [-0.15, -0.1) is 0 Å². The van der Waals surface area contributed by atoms with Crippen LogP contribution >= 0.6 is 0 Å². The van der Waals surface area contributed by atoms with Crippen LogP contribution < -0.4 is 20.7 Å². The second-order valence-corrected chi connectivity index (χ2v) is 11.8. The largest absolute Gasteiger partial charge is 0.370 e. The van der Waals surface area contributed by atoms with Crippen LogP contribution in [0.15, 0.2) is 65.7 Å². The van der Waals surface area contributed by atoms with Gasteiger partial charge in [0.25, 0.3) is 11.5 Å². The van der Waals surface area contributed by atoms with Crippen molar-refractivity contribution >= 4 is 23.6 Å². The fourth-order valence-corrected chi connectivity index (χ4v) is 6.59. The molecule has 3 aliphatic heterocycles. The van der Waals surface area contributed by atoms with E-state index in [2.05, 4.69) is 57.4 Å². The zero-order chi connectivity index (χ0) is 28.6. The molecule has 3 amide bonds. The Labute approximate surface area is 240 Å². The Balaban J connectivity index is 1.06. The van der Waals surface area contributed by atoms with Crippen LogP contribution in [0.4, 0.5) is 16.4 Å². The smallest absolute Gasteiger partial charge is 0.325 e. The van der Waals surface area contributed by atoms with Crippen LogP contribution in [0.2, 0.25) is 0 Å². The zero-order valence-corrected chi connectivity index (χ0v) is 23.8. The van der Waals surface area contributed by atoms with E-state index in [0.717, 1.165) is 30.9 Å². The summed E-state index contributed by atoms with van der Waals surface area (Å²) < 4.78 is 1.74. The Morgan fingerprint density at radius 1 is 0.878 bits per heavy atom. The van der Waals surface area contributed by atoms with Gasteiger partial charge in [-0.2, -0.15) is 0 Å². The first kappa shape index (κ1) is 27.0. The topological polar surface area (TPSA) is 104 Å². The summed E-state index contributed by atoms with van der Waals surface area (Å²) >= 11 is 0. The maximum absolute atomic E-state index is 13.4. The maximum atomic E-state index is 13.4. The van der Waals surface area contributed by atoms with Crippen molar-refractivity contribution in [3.63, 3.8) is 0 Å². The van der Waals surface area contributed by atoms with E-state index >= 15 is 0 Å². The van der Waals surface area contributed by atoms with E-state index in [1.807, 2.05) is 17.9 Å². The molecule has 1 unspecified atom stereocenters. The summed E-state index contributed by atoms with van der Waals surface area (Å²) in [6.07, 6.45) is 5.95.